The van der Waals surface area contributed by atoms with Crippen LogP contribution < -0.4 is 5.43 Å². The second-order valence-corrected chi connectivity index (χ2v) is 6.10. The largest absolute Gasteiger partial charge is 0.465 e. The Kier molecular flexibility index (Phi) is 5.74. The van der Waals surface area contributed by atoms with E-state index >= 15 is 0 Å². The van der Waals surface area contributed by atoms with Crippen LogP contribution in [-0.4, -0.2) is 60.4 Å². The molecule has 144 valence electrons. The van der Waals surface area contributed by atoms with Crippen molar-refractivity contribution in [3.05, 3.63) is 33.7 Å². The average Bonchev–Trinajstić information content (AvgIpc) is 2.59. The lowest BCUT2D eigenvalue weighted by Crippen LogP contribution is -2.52. The summed E-state index contributed by atoms with van der Waals surface area (Å²) in [5.41, 5.74) is -1.62. The van der Waals surface area contributed by atoms with Crippen molar-refractivity contribution in [3.63, 3.8) is 0 Å². The number of carbonyl (C=O) groups excluding carboxylic acids is 2. The predicted molar refractivity (Wildman–Crippen MR) is 84.1 cm³/mol. The Bertz CT molecular complexity index is 757. The highest BCUT2D eigenvalue weighted by Gasteiger charge is 2.44. The molecule has 0 bridgehead atoms. The Morgan fingerprint density at radius 3 is 2.42 bits per heavy atom. The van der Waals surface area contributed by atoms with Crippen molar-refractivity contribution in [3.8, 4) is 0 Å². The van der Waals surface area contributed by atoms with Crippen molar-refractivity contribution < 1.29 is 32.2 Å². The number of ether oxygens (including phenoxy) is 2. The number of carbonyl (C=O) groups is 2. The van der Waals surface area contributed by atoms with Gasteiger partial charge in [0.15, 0.2) is 6.10 Å². The summed E-state index contributed by atoms with van der Waals surface area (Å²) < 4.78 is 49.2. The number of alkyl halides is 3. The van der Waals surface area contributed by atoms with Crippen molar-refractivity contribution in [2.24, 2.45) is 0 Å². The van der Waals surface area contributed by atoms with Gasteiger partial charge in [-0.1, -0.05) is 0 Å². The third kappa shape index (κ3) is 4.06. The zero-order valence-electron chi connectivity index (χ0n) is 14.5. The Labute approximate surface area is 147 Å². The lowest BCUT2D eigenvalue weighted by molar-refractivity contribution is -0.233. The van der Waals surface area contributed by atoms with E-state index in [1.54, 1.807) is 13.8 Å². The number of rotatable bonds is 3. The fraction of sp³-hybridized carbons (Fsp3) is 0.562. The van der Waals surface area contributed by atoms with Crippen molar-refractivity contribution in [1.29, 1.82) is 0 Å². The van der Waals surface area contributed by atoms with Crippen LogP contribution in [-0.2, 0) is 9.47 Å². The van der Waals surface area contributed by atoms with Crippen LogP contribution in [0.2, 0.25) is 0 Å². The fourth-order valence-corrected chi connectivity index (χ4v) is 2.51. The van der Waals surface area contributed by atoms with Crippen molar-refractivity contribution in [1.82, 2.24) is 9.47 Å². The SMILES string of the molecule is COC(=O)c1cn(C(C)C)cc(C(=O)N2CCOC(C(F)(F)F)C2)c1=O. The van der Waals surface area contributed by atoms with E-state index in [9.17, 15) is 27.6 Å². The van der Waals surface area contributed by atoms with E-state index in [2.05, 4.69) is 9.47 Å². The van der Waals surface area contributed by atoms with E-state index in [1.165, 1.54) is 17.0 Å². The van der Waals surface area contributed by atoms with Gasteiger partial charge in [-0.15, -0.1) is 0 Å². The lowest BCUT2D eigenvalue weighted by atomic mass is 10.1. The van der Waals surface area contributed by atoms with E-state index in [4.69, 9.17) is 0 Å². The lowest BCUT2D eigenvalue weighted by Gasteiger charge is -2.33. The second-order valence-electron chi connectivity index (χ2n) is 6.10. The van der Waals surface area contributed by atoms with Gasteiger partial charge in [-0.3, -0.25) is 9.59 Å². The molecule has 10 heteroatoms. The summed E-state index contributed by atoms with van der Waals surface area (Å²) in [6.45, 7) is 2.41. The molecule has 2 rings (SSSR count). The van der Waals surface area contributed by atoms with E-state index in [1.807, 2.05) is 0 Å². The quantitative estimate of drug-likeness (QED) is 0.750. The Balaban J connectivity index is 2.43. The summed E-state index contributed by atoms with van der Waals surface area (Å²) in [4.78, 5) is 37.9. The van der Waals surface area contributed by atoms with Gasteiger partial charge in [-0.2, -0.15) is 13.2 Å². The molecule has 0 aliphatic carbocycles. The van der Waals surface area contributed by atoms with Gasteiger partial charge in [0.2, 0.25) is 5.43 Å². The molecular weight excluding hydrogens is 357 g/mol. The molecule has 2 heterocycles. The van der Waals surface area contributed by atoms with Crippen molar-refractivity contribution in [2.75, 3.05) is 26.8 Å². The summed E-state index contributed by atoms with van der Waals surface area (Å²) >= 11 is 0. The van der Waals surface area contributed by atoms with E-state index in [0.717, 1.165) is 12.0 Å². The van der Waals surface area contributed by atoms with Gasteiger partial charge in [0.1, 0.15) is 11.1 Å². The van der Waals surface area contributed by atoms with Crippen LogP contribution in [0.25, 0.3) is 0 Å². The van der Waals surface area contributed by atoms with Gasteiger partial charge in [0, 0.05) is 25.0 Å². The van der Waals surface area contributed by atoms with Crippen molar-refractivity contribution >= 4 is 11.9 Å². The molecule has 1 amide bonds. The number of methoxy groups -OCH3 is 1. The molecule has 1 aliphatic rings. The molecule has 0 saturated carbocycles. The number of nitrogens with zero attached hydrogens (tertiary/aromatic N) is 2. The Morgan fingerprint density at radius 1 is 1.27 bits per heavy atom. The van der Waals surface area contributed by atoms with Gasteiger partial charge in [0.25, 0.3) is 5.91 Å². The van der Waals surface area contributed by atoms with Gasteiger partial charge in [0.05, 0.1) is 20.3 Å². The molecule has 1 fully saturated rings. The van der Waals surface area contributed by atoms with Gasteiger partial charge in [-0.25, -0.2) is 4.79 Å². The molecule has 1 atom stereocenters. The monoisotopic (exact) mass is 376 g/mol. The fourth-order valence-electron chi connectivity index (χ4n) is 2.51. The molecule has 0 aromatic carbocycles. The molecule has 1 aliphatic heterocycles. The maximum Gasteiger partial charge on any atom is 0.416 e. The third-order valence-corrected chi connectivity index (χ3v) is 4.00. The van der Waals surface area contributed by atoms with Gasteiger partial charge < -0.3 is 18.9 Å². The average molecular weight is 376 g/mol. The van der Waals surface area contributed by atoms with E-state index < -0.39 is 36.1 Å². The molecule has 26 heavy (non-hydrogen) atoms. The Morgan fingerprint density at radius 2 is 1.88 bits per heavy atom. The zero-order valence-corrected chi connectivity index (χ0v) is 14.5. The number of esters is 1. The molecule has 1 aromatic heterocycles. The van der Waals surface area contributed by atoms with Gasteiger partial charge in [-0.05, 0) is 13.8 Å². The maximum atomic E-state index is 12.9. The summed E-state index contributed by atoms with van der Waals surface area (Å²) in [5, 5.41) is 0. The number of halogens is 3. The van der Waals surface area contributed by atoms with Crippen LogP contribution in [0.4, 0.5) is 13.2 Å². The van der Waals surface area contributed by atoms with Crippen LogP contribution in [0.3, 0.4) is 0 Å². The van der Waals surface area contributed by atoms with Crippen LogP contribution in [0, 0.1) is 0 Å². The van der Waals surface area contributed by atoms with Crippen LogP contribution >= 0.6 is 0 Å². The number of pyridine rings is 1. The summed E-state index contributed by atoms with van der Waals surface area (Å²) in [6, 6.07) is -0.196. The summed E-state index contributed by atoms with van der Waals surface area (Å²) in [5.74, 6) is -1.80. The highest BCUT2D eigenvalue weighted by molar-refractivity contribution is 5.97. The standard InChI is InChI=1S/C16H19F3N2O5/c1-9(2)21-6-10(13(22)11(7-21)15(24)25-3)14(23)20-4-5-26-12(8-20)16(17,18)19/h6-7,9,12H,4-5,8H2,1-3H3. The highest BCUT2D eigenvalue weighted by Crippen LogP contribution is 2.26. The zero-order chi connectivity index (χ0) is 19.6. The molecule has 7 nitrogen and oxygen atoms in total. The second kappa shape index (κ2) is 7.48. The van der Waals surface area contributed by atoms with E-state index in [-0.39, 0.29) is 30.3 Å². The first kappa shape index (κ1) is 20.0. The first-order valence-corrected chi connectivity index (χ1v) is 7.88. The first-order chi connectivity index (χ1) is 12.1. The number of hydrogen-bond donors (Lipinski definition) is 0. The molecule has 0 N–H and O–H groups in total. The number of amides is 1. The summed E-state index contributed by atoms with van der Waals surface area (Å²) in [6.07, 6.45) is -4.24. The minimum atomic E-state index is -4.62. The van der Waals surface area contributed by atoms with Gasteiger partial charge >= 0.3 is 12.1 Å². The third-order valence-electron chi connectivity index (χ3n) is 4.00. The minimum Gasteiger partial charge on any atom is -0.465 e. The molecule has 1 unspecified atom stereocenters. The number of morpholine rings is 1. The van der Waals surface area contributed by atoms with E-state index in [0.29, 0.717) is 0 Å². The molecular formula is C16H19F3N2O5. The molecule has 0 spiro atoms. The highest BCUT2D eigenvalue weighted by atomic mass is 19.4. The number of hydrogen-bond acceptors (Lipinski definition) is 5. The summed E-state index contributed by atoms with van der Waals surface area (Å²) in [7, 11) is 1.09. The van der Waals surface area contributed by atoms with Crippen LogP contribution in [0.1, 0.15) is 40.6 Å². The molecule has 1 aromatic rings. The normalized spacial score (nSPS) is 18.1. The molecule has 0 radical (unpaired) electrons. The Hall–Kier alpha value is -2.36. The molecule has 1 saturated heterocycles. The van der Waals surface area contributed by atoms with Crippen molar-refractivity contribution in [2.45, 2.75) is 32.2 Å². The number of aromatic nitrogens is 1. The maximum absolute atomic E-state index is 12.9. The van der Waals surface area contributed by atoms with Crippen LogP contribution in [0.15, 0.2) is 17.2 Å². The predicted octanol–water partition coefficient (Wildman–Crippen LogP) is 1.62. The first-order valence-electron chi connectivity index (χ1n) is 7.88. The topological polar surface area (TPSA) is 77.8 Å². The minimum absolute atomic E-state index is 0.0883. The van der Waals surface area contributed by atoms with Crippen LogP contribution in [0.5, 0.6) is 0 Å². The smallest absolute Gasteiger partial charge is 0.416 e.